The Hall–Kier alpha value is -1.59. The average molecular weight is 247 g/mol. The summed E-state index contributed by atoms with van der Waals surface area (Å²) in [5.74, 6) is 1.86. The van der Waals surface area contributed by atoms with E-state index in [1.165, 1.54) is 0 Å². The molecule has 2 aromatic rings. The molecule has 1 aliphatic rings. The van der Waals surface area contributed by atoms with Gasteiger partial charge >= 0.3 is 0 Å². The van der Waals surface area contributed by atoms with Crippen molar-refractivity contribution >= 4 is 0 Å². The number of nitrogens with two attached hydrogens (primary N) is 1. The van der Waals surface area contributed by atoms with Crippen molar-refractivity contribution in [2.75, 3.05) is 13.7 Å². The van der Waals surface area contributed by atoms with Crippen molar-refractivity contribution in [1.29, 1.82) is 0 Å². The van der Waals surface area contributed by atoms with Crippen LogP contribution in [0, 0.1) is 0 Å². The Balaban J connectivity index is 1.89. The number of methoxy groups -OCH3 is 1. The third-order valence-corrected chi connectivity index (χ3v) is 3.38. The molecule has 0 spiro atoms. The summed E-state index contributed by atoms with van der Waals surface area (Å²) in [4.78, 5) is 7.96. The minimum Gasteiger partial charge on any atom is -0.469 e. The topological polar surface area (TPSA) is 77.1 Å². The first kappa shape index (κ1) is 11.5. The van der Waals surface area contributed by atoms with Crippen LogP contribution in [0.2, 0.25) is 0 Å². The molecule has 0 aromatic carbocycles. The van der Waals surface area contributed by atoms with Crippen molar-refractivity contribution in [3.63, 3.8) is 0 Å². The van der Waals surface area contributed by atoms with Gasteiger partial charge in [-0.05, 0) is 18.9 Å². The number of furan rings is 1. The van der Waals surface area contributed by atoms with Crippen LogP contribution in [0.15, 0.2) is 16.7 Å². The predicted molar refractivity (Wildman–Crippen MR) is 67.1 cm³/mol. The third kappa shape index (κ3) is 1.85. The molecule has 1 aliphatic carbocycles. The van der Waals surface area contributed by atoms with Crippen molar-refractivity contribution in [1.82, 2.24) is 9.97 Å². The molecule has 1 unspecified atom stereocenters. The number of hydrogen-bond acceptors (Lipinski definition) is 4. The second-order valence-electron chi connectivity index (χ2n) is 4.59. The highest BCUT2D eigenvalue weighted by Gasteiger charge is 2.23. The van der Waals surface area contributed by atoms with Crippen LogP contribution in [-0.4, -0.2) is 23.7 Å². The van der Waals surface area contributed by atoms with E-state index in [2.05, 4.69) is 9.97 Å². The van der Waals surface area contributed by atoms with Gasteiger partial charge in [-0.25, -0.2) is 4.98 Å². The van der Waals surface area contributed by atoms with Crippen molar-refractivity contribution in [3.05, 3.63) is 29.6 Å². The largest absolute Gasteiger partial charge is 0.469 e. The quantitative estimate of drug-likeness (QED) is 0.863. The number of rotatable bonds is 4. The number of aromatic amines is 1. The molecular weight excluding hydrogens is 230 g/mol. The highest BCUT2D eigenvalue weighted by molar-refractivity contribution is 5.66. The lowest BCUT2D eigenvalue weighted by Gasteiger charge is -2.08. The lowest BCUT2D eigenvalue weighted by atomic mass is 10.00. The van der Waals surface area contributed by atoms with Gasteiger partial charge in [-0.3, -0.25) is 0 Å². The van der Waals surface area contributed by atoms with Gasteiger partial charge in [0.15, 0.2) is 0 Å². The molecule has 0 aliphatic heterocycles. The zero-order valence-corrected chi connectivity index (χ0v) is 10.4. The van der Waals surface area contributed by atoms with E-state index in [0.29, 0.717) is 6.61 Å². The lowest BCUT2D eigenvalue weighted by molar-refractivity contribution is 0.187. The fourth-order valence-electron chi connectivity index (χ4n) is 2.37. The SMILES string of the molecule is COCCC(N)c1nc2c([nH]1)CCc1occc1-2. The van der Waals surface area contributed by atoms with Gasteiger partial charge in [-0.1, -0.05) is 0 Å². The normalized spacial score (nSPS) is 15.2. The Bertz CT molecular complexity index is 544. The van der Waals surface area contributed by atoms with Crippen molar-refractivity contribution < 1.29 is 9.15 Å². The fraction of sp³-hybridized carbons (Fsp3) is 0.462. The van der Waals surface area contributed by atoms with Gasteiger partial charge in [-0.2, -0.15) is 0 Å². The molecule has 1 atom stereocenters. The van der Waals surface area contributed by atoms with Gasteiger partial charge in [0.25, 0.3) is 0 Å². The molecule has 3 rings (SSSR count). The number of fused-ring (bicyclic) bond motifs is 3. The summed E-state index contributed by atoms with van der Waals surface area (Å²) in [6.07, 6.45) is 4.34. The van der Waals surface area contributed by atoms with E-state index in [4.69, 9.17) is 14.9 Å². The predicted octanol–water partition coefficient (Wildman–Crippen LogP) is 1.80. The maximum atomic E-state index is 6.09. The molecule has 5 heteroatoms. The third-order valence-electron chi connectivity index (χ3n) is 3.38. The number of hydrogen-bond donors (Lipinski definition) is 2. The molecule has 0 amide bonds. The fourth-order valence-corrected chi connectivity index (χ4v) is 2.37. The van der Waals surface area contributed by atoms with Gasteiger partial charge in [0.05, 0.1) is 18.0 Å². The monoisotopic (exact) mass is 247 g/mol. The van der Waals surface area contributed by atoms with Crippen LogP contribution in [0.4, 0.5) is 0 Å². The Morgan fingerprint density at radius 3 is 3.28 bits per heavy atom. The number of imidazole rings is 1. The van der Waals surface area contributed by atoms with E-state index in [9.17, 15) is 0 Å². The molecule has 2 heterocycles. The minimum atomic E-state index is -0.106. The Kier molecular flexibility index (Phi) is 2.93. The summed E-state index contributed by atoms with van der Waals surface area (Å²) >= 11 is 0. The number of nitrogens with zero attached hydrogens (tertiary/aromatic N) is 1. The smallest absolute Gasteiger partial charge is 0.124 e. The molecule has 96 valence electrons. The van der Waals surface area contributed by atoms with Crippen LogP contribution >= 0.6 is 0 Å². The van der Waals surface area contributed by atoms with Crippen LogP contribution in [0.25, 0.3) is 11.3 Å². The second kappa shape index (κ2) is 4.59. The van der Waals surface area contributed by atoms with E-state index in [0.717, 1.165) is 47.8 Å². The van der Waals surface area contributed by atoms with E-state index in [1.807, 2.05) is 6.07 Å². The second-order valence-corrected chi connectivity index (χ2v) is 4.59. The Morgan fingerprint density at radius 1 is 1.56 bits per heavy atom. The first-order valence-corrected chi connectivity index (χ1v) is 6.19. The number of ether oxygens (including phenoxy) is 1. The van der Waals surface area contributed by atoms with Crippen LogP contribution < -0.4 is 5.73 Å². The van der Waals surface area contributed by atoms with Gasteiger partial charge in [0.2, 0.25) is 0 Å². The number of aromatic nitrogens is 2. The van der Waals surface area contributed by atoms with E-state index >= 15 is 0 Å². The molecule has 2 aromatic heterocycles. The van der Waals surface area contributed by atoms with Crippen LogP contribution in [-0.2, 0) is 17.6 Å². The molecule has 18 heavy (non-hydrogen) atoms. The zero-order valence-electron chi connectivity index (χ0n) is 10.4. The van der Waals surface area contributed by atoms with Crippen LogP contribution in [0.5, 0.6) is 0 Å². The molecule has 0 saturated carbocycles. The van der Waals surface area contributed by atoms with E-state index in [1.54, 1.807) is 13.4 Å². The highest BCUT2D eigenvalue weighted by atomic mass is 16.5. The molecule has 0 bridgehead atoms. The van der Waals surface area contributed by atoms with E-state index in [-0.39, 0.29) is 6.04 Å². The molecular formula is C13H17N3O2. The number of H-pyrrole nitrogens is 1. The zero-order chi connectivity index (χ0) is 12.5. The van der Waals surface area contributed by atoms with E-state index < -0.39 is 0 Å². The standard InChI is InChI=1S/C13H17N3O2/c1-17-6-5-9(14)13-15-10-2-3-11-8(4-7-18-11)12(10)16-13/h4,7,9H,2-3,5-6,14H2,1H3,(H,15,16). The summed E-state index contributed by atoms with van der Waals surface area (Å²) in [6, 6.07) is 1.87. The molecule has 0 saturated heterocycles. The van der Waals surface area contributed by atoms with Gasteiger partial charge < -0.3 is 19.9 Å². The summed E-state index contributed by atoms with van der Waals surface area (Å²) in [5.41, 5.74) is 9.34. The number of aryl methyl sites for hydroxylation is 2. The molecule has 0 fully saturated rings. The summed E-state index contributed by atoms with van der Waals surface area (Å²) in [5, 5.41) is 0. The first-order chi connectivity index (χ1) is 8.79. The minimum absolute atomic E-state index is 0.106. The van der Waals surface area contributed by atoms with Crippen molar-refractivity contribution in [2.45, 2.75) is 25.3 Å². The van der Waals surface area contributed by atoms with Crippen LogP contribution in [0.3, 0.4) is 0 Å². The summed E-state index contributed by atoms with van der Waals surface area (Å²) in [7, 11) is 1.68. The first-order valence-electron chi connectivity index (χ1n) is 6.19. The van der Waals surface area contributed by atoms with Crippen LogP contribution in [0.1, 0.15) is 29.7 Å². The molecule has 3 N–H and O–H groups in total. The maximum absolute atomic E-state index is 6.09. The van der Waals surface area contributed by atoms with Crippen molar-refractivity contribution in [3.8, 4) is 11.3 Å². The molecule has 0 radical (unpaired) electrons. The summed E-state index contributed by atoms with van der Waals surface area (Å²) in [6.45, 7) is 0.642. The summed E-state index contributed by atoms with van der Waals surface area (Å²) < 4.78 is 10.5. The lowest BCUT2D eigenvalue weighted by Crippen LogP contribution is -2.14. The molecule has 5 nitrogen and oxygen atoms in total. The number of nitrogens with one attached hydrogen (secondary N) is 1. The highest BCUT2D eigenvalue weighted by Crippen LogP contribution is 2.33. The maximum Gasteiger partial charge on any atom is 0.124 e. The van der Waals surface area contributed by atoms with Gasteiger partial charge in [-0.15, -0.1) is 0 Å². The Labute approximate surface area is 105 Å². The van der Waals surface area contributed by atoms with Gasteiger partial charge in [0, 0.05) is 31.4 Å². The van der Waals surface area contributed by atoms with Crippen molar-refractivity contribution in [2.24, 2.45) is 5.73 Å². The Morgan fingerprint density at radius 2 is 2.44 bits per heavy atom. The average Bonchev–Trinajstić information content (AvgIpc) is 3.00. The van der Waals surface area contributed by atoms with Gasteiger partial charge in [0.1, 0.15) is 11.6 Å².